The Morgan fingerprint density at radius 1 is 1.12 bits per heavy atom. The summed E-state index contributed by atoms with van der Waals surface area (Å²) >= 11 is 1.27. The highest BCUT2D eigenvalue weighted by atomic mass is 32.2. The number of aromatic nitrogens is 2. The van der Waals surface area contributed by atoms with E-state index in [4.69, 9.17) is 0 Å². The van der Waals surface area contributed by atoms with Gasteiger partial charge in [-0.25, -0.2) is 18.2 Å². The Balaban J connectivity index is 1.54. The third kappa shape index (κ3) is 3.88. The molecule has 1 aromatic heterocycles. The van der Waals surface area contributed by atoms with Gasteiger partial charge in [0, 0.05) is 30.0 Å². The molecular weight excluding hydrogens is 339 g/mol. The molecule has 0 aliphatic heterocycles. The Hall–Kier alpha value is -2.48. The molecule has 0 atom stereocenters. The van der Waals surface area contributed by atoms with E-state index in [1.165, 1.54) is 36.0 Å². The number of carbonyl (C=O) groups is 1. The van der Waals surface area contributed by atoms with Crippen LogP contribution in [0.25, 0.3) is 11.0 Å². The van der Waals surface area contributed by atoms with Gasteiger partial charge in [0.15, 0.2) is 16.8 Å². The number of amides is 1. The highest BCUT2D eigenvalue weighted by Crippen LogP contribution is 2.22. The first-order valence-corrected chi connectivity index (χ1v) is 8.03. The molecule has 1 amide bonds. The van der Waals surface area contributed by atoms with Crippen molar-refractivity contribution in [2.24, 2.45) is 0 Å². The summed E-state index contributed by atoms with van der Waals surface area (Å²) in [6.07, 6.45) is 0.210. The maximum Gasteiger partial charge on any atom is 0.225 e. The first-order chi connectivity index (χ1) is 11.5. The van der Waals surface area contributed by atoms with Crippen molar-refractivity contribution >= 4 is 34.4 Å². The SMILES string of the molecule is O=C(CCSc1nc2cc(F)c(F)cc2[nH]1)Nc1ccc(F)cc1. The smallest absolute Gasteiger partial charge is 0.225 e. The summed E-state index contributed by atoms with van der Waals surface area (Å²) in [5, 5.41) is 3.12. The van der Waals surface area contributed by atoms with E-state index in [2.05, 4.69) is 15.3 Å². The van der Waals surface area contributed by atoms with Crippen molar-refractivity contribution in [3.8, 4) is 0 Å². The minimum atomic E-state index is -0.954. The van der Waals surface area contributed by atoms with Gasteiger partial charge in [-0.15, -0.1) is 0 Å². The standard InChI is InChI=1S/C16H12F3N3OS/c17-9-1-3-10(4-2-9)20-15(23)5-6-24-16-21-13-7-11(18)12(19)8-14(13)22-16/h1-4,7-8H,5-6H2,(H,20,23)(H,21,22). The molecule has 4 nitrogen and oxygen atoms in total. The van der Waals surface area contributed by atoms with Crippen LogP contribution in [0.4, 0.5) is 18.9 Å². The van der Waals surface area contributed by atoms with Gasteiger partial charge in [0.05, 0.1) is 11.0 Å². The van der Waals surface area contributed by atoms with E-state index in [0.29, 0.717) is 27.6 Å². The lowest BCUT2D eigenvalue weighted by Gasteiger charge is -2.04. The van der Waals surface area contributed by atoms with Gasteiger partial charge in [0.2, 0.25) is 5.91 Å². The minimum Gasteiger partial charge on any atom is -0.333 e. The van der Waals surface area contributed by atoms with E-state index in [1.54, 1.807) is 0 Å². The van der Waals surface area contributed by atoms with Crippen molar-refractivity contribution in [1.29, 1.82) is 0 Å². The summed E-state index contributed by atoms with van der Waals surface area (Å²) in [6.45, 7) is 0. The predicted molar refractivity (Wildman–Crippen MR) is 86.4 cm³/mol. The number of halogens is 3. The van der Waals surface area contributed by atoms with Crippen LogP contribution in [0.15, 0.2) is 41.6 Å². The van der Waals surface area contributed by atoms with Crippen LogP contribution in [0.5, 0.6) is 0 Å². The number of anilines is 1. The fraction of sp³-hybridized carbons (Fsp3) is 0.125. The molecule has 0 aliphatic rings. The summed E-state index contributed by atoms with van der Waals surface area (Å²) in [4.78, 5) is 18.8. The van der Waals surface area contributed by atoms with E-state index in [-0.39, 0.29) is 18.1 Å². The van der Waals surface area contributed by atoms with E-state index in [0.717, 1.165) is 12.1 Å². The van der Waals surface area contributed by atoms with Crippen LogP contribution in [0.1, 0.15) is 6.42 Å². The van der Waals surface area contributed by atoms with E-state index < -0.39 is 11.6 Å². The molecule has 124 valence electrons. The second kappa shape index (κ2) is 6.96. The molecule has 0 saturated carbocycles. The maximum atomic E-state index is 13.1. The lowest BCUT2D eigenvalue weighted by Crippen LogP contribution is -2.12. The van der Waals surface area contributed by atoms with Crippen molar-refractivity contribution in [2.75, 3.05) is 11.1 Å². The lowest BCUT2D eigenvalue weighted by molar-refractivity contribution is -0.115. The van der Waals surface area contributed by atoms with Crippen molar-refractivity contribution < 1.29 is 18.0 Å². The van der Waals surface area contributed by atoms with Crippen molar-refractivity contribution in [1.82, 2.24) is 9.97 Å². The normalized spacial score (nSPS) is 11.0. The zero-order valence-corrected chi connectivity index (χ0v) is 13.1. The van der Waals surface area contributed by atoms with Crippen molar-refractivity contribution in [3.05, 3.63) is 53.8 Å². The molecule has 2 aromatic carbocycles. The quantitative estimate of drug-likeness (QED) is 0.681. The molecule has 3 rings (SSSR count). The lowest BCUT2D eigenvalue weighted by atomic mass is 10.3. The molecule has 0 spiro atoms. The monoisotopic (exact) mass is 351 g/mol. The zero-order valence-electron chi connectivity index (χ0n) is 12.3. The van der Waals surface area contributed by atoms with Crippen LogP contribution in [0.2, 0.25) is 0 Å². The summed E-state index contributed by atoms with van der Waals surface area (Å²) in [6, 6.07) is 7.54. The Morgan fingerprint density at radius 3 is 2.58 bits per heavy atom. The van der Waals surface area contributed by atoms with E-state index >= 15 is 0 Å². The van der Waals surface area contributed by atoms with Crippen LogP contribution in [-0.4, -0.2) is 21.6 Å². The fourth-order valence-electron chi connectivity index (χ4n) is 2.05. The Morgan fingerprint density at radius 2 is 1.83 bits per heavy atom. The number of H-pyrrole nitrogens is 1. The molecule has 0 bridgehead atoms. The third-order valence-electron chi connectivity index (χ3n) is 3.20. The number of aromatic amines is 1. The molecular formula is C16H12F3N3OS. The first-order valence-electron chi connectivity index (χ1n) is 7.04. The molecule has 0 fully saturated rings. The van der Waals surface area contributed by atoms with Gasteiger partial charge >= 0.3 is 0 Å². The molecule has 8 heteroatoms. The molecule has 0 aliphatic carbocycles. The minimum absolute atomic E-state index is 0.210. The van der Waals surface area contributed by atoms with Gasteiger partial charge in [0.25, 0.3) is 0 Å². The van der Waals surface area contributed by atoms with Crippen molar-refractivity contribution in [3.63, 3.8) is 0 Å². The summed E-state index contributed by atoms with van der Waals surface area (Å²) in [7, 11) is 0. The van der Waals surface area contributed by atoms with Gasteiger partial charge < -0.3 is 10.3 Å². The Bertz CT molecular complexity index is 841. The predicted octanol–water partition coefficient (Wildman–Crippen LogP) is 4.10. The van der Waals surface area contributed by atoms with Gasteiger partial charge in [-0.1, -0.05) is 11.8 Å². The number of thioether (sulfide) groups is 1. The second-order valence-corrected chi connectivity index (χ2v) is 6.06. The van der Waals surface area contributed by atoms with E-state index in [1.807, 2.05) is 0 Å². The zero-order chi connectivity index (χ0) is 17.1. The number of imidazole rings is 1. The maximum absolute atomic E-state index is 13.1. The molecule has 3 aromatic rings. The summed E-state index contributed by atoms with van der Waals surface area (Å²) in [5.41, 5.74) is 1.24. The Labute approximate surface area is 139 Å². The average Bonchev–Trinajstić information content (AvgIpc) is 2.91. The highest BCUT2D eigenvalue weighted by Gasteiger charge is 2.10. The van der Waals surface area contributed by atoms with Gasteiger partial charge in [-0.3, -0.25) is 4.79 Å². The Kier molecular flexibility index (Phi) is 4.75. The van der Waals surface area contributed by atoms with Crippen LogP contribution in [0.3, 0.4) is 0 Å². The molecule has 0 saturated heterocycles. The molecule has 0 unspecified atom stereocenters. The fourth-order valence-corrected chi connectivity index (χ4v) is 2.87. The average molecular weight is 351 g/mol. The molecule has 0 radical (unpaired) electrons. The van der Waals surface area contributed by atoms with Gasteiger partial charge in [-0.2, -0.15) is 0 Å². The number of fused-ring (bicyclic) bond motifs is 1. The molecule has 2 N–H and O–H groups in total. The first kappa shape index (κ1) is 16.4. The van der Waals surface area contributed by atoms with E-state index in [9.17, 15) is 18.0 Å². The summed E-state index contributed by atoms with van der Waals surface area (Å²) in [5.74, 6) is -2.06. The second-order valence-electron chi connectivity index (χ2n) is 4.98. The van der Waals surface area contributed by atoms with Gasteiger partial charge in [0.1, 0.15) is 5.82 Å². The van der Waals surface area contributed by atoms with Gasteiger partial charge in [-0.05, 0) is 24.3 Å². The number of nitrogens with one attached hydrogen (secondary N) is 2. The number of rotatable bonds is 5. The topological polar surface area (TPSA) is 57.8 Å². The summed E-state index contributed by atoms with van der Waals surface area (Å²) < 4.78 is 39.1. The van der Waals surface area contributed by atoms with Crippen LogP contribution < -0.4 is 5.32 Å². The number of carbonyl (C=O) groups excluding carboxylic acids is 1. The largest absolute Gasteiger partial charge is 0.333 e. The number of benzene rings is 2. The molecule has 1 heterocycles. The number of hydrogen-bond acceptors (Lipinski definition) is 3. The van der Waals surface area contributed by atoms with Crippen LogP contribution in [0, 0.1) is 17.5 Å². The number of nitrogens with zero attached hydrogens (tertiary/aromatic N) is 1. The van der Waals surface area contributed by atoms with Crippen LogP contribution in [-0.2, 0) is 4.79 Å². The number of hydrogen-bond donors (Lipinski definition) is 2. The van der Waals surface area contributed by atoms with Crippen LogP contribution >= 0.6 is 11.8 Å². The third-order valence-corrected chi connectivity index (χ3v) is 4.07. The highest BCUT2D eigenvalue weighted by molar-refractivity contribution is 7.99. The van der Waals surface area contributed by atoms with Crippen molar-refractivity contribution in [2.45, 2.75) is 11.6 Å². The molecule has 24 heavy (non-hydrogen) atoms.